The molecule has 2 aromatic carbocycles. The smallest absolute Gasteiger partial charge is 0.212 e. The van der Waals surface area contributed by atoms with Crippen LogP contribution in [0.15, 0.2) is 53.5 Å². The Morgan fingerprint density at radius 1 is 1.04 bits per heavy atom. The summed E-state index contributed by atoms with van der Waals surface area (Å²) in [6.45, 7) is 0. The van der Waals surface area contributed by atoms with Crippen LogP contribution in [0.2, 0.25) is 0 Å². The summed E-state index contributed by atoms with van der Waals surface area (Å²) in [7, 11) is 0. The molecule has 23 heavy (non-hydrogen) atoms. The molecule has 0 unspecified atom stereocenters. The number of benzene rings is 2. The number of aryl methyl sites for hydroxylation is 1. The molecule has 5 heteroatoms. The van der Waals surface area contributed by atoms with Crippen molar-refractivity contribution in [2.75, 3.05) is 5.32 Å². The highest BCUT2D eigenvalue weighted by Gasteiger charge is 2.41. The number of aliphatic imine (C=N–C) groups is 1. The molecule has 1 aromatic heterocycles. The molecule has 1 atom stereocenters. The number of anilines is 1. The van der Waals surface area contributed by atoms with Crippen molar-refractivity contribution in [1.29, 1.82) is 0 Å². The van der Waals surface area contributed by atoms with Crippen LogP contribution in [0, 0.1) is 0 Å². The number of nitrogens with one attached hydrogen (secondary N) is 1. The summed E-state index contributed by atoms with van der Waals surface area (Å²) in [6, 6.07) is 16.8. The van der Waals surface area contributed by atoms with Gasteiger partial charge in [0.2, 0.25) is 5.95 Å². The molecular formula is C18H17N5. The highest BCUT2D eigenvalue weighted by atomic mass is 15.4. The number of nitrogens with two attached hydrogens (primary N) is 1. The molecule has 2 aliphatic rings. The van der Waals surface area contributed by atoms with Crippen LogP contribution >= 0.6 is 0 Å². The highest BCUT2D eigenvalue weighted by molar-refractivity contribution is 5.94. The third kappa shape index (κ3) is 1.73. The van der Waals surface area contributed by atoms with Crippen molar-refractivity contribution in [2.45, 2.75) is 24.9 Å². The molecule has 3 aromatic rings. The van der Waals surface area contributed by atoms with Gasteiger partial charge in [-0.15, -0.1) is 0 Å². The fraction of sp³-hybridized carbons (Fsp3) is 0.222. The van der Waals surface area contributed by atoms with Gasteiger partial charge in [0.1, 0.15) is 5.66 Å². The maximum Gasteiger partial charge on any atom is 0.212 e. The number of aromatic nitrogens is 2. The van der Waals surface area contributed by atoms with Gasteiger partial charge in [0.25, 0.3) is 0 Å². The van der Waals surface area contributed by atoms with Crippen LogP contribution in [-0.2, 0) is 18.5 Å². The quantitative estimate of drug-likeness (QED) is 0.671. The van der Waals surface area contributed by atoms with Crippen LogP contribution in [0.5, 0.6) is 0 Å². The van der Waals surface area contributed by atoms with Crippen LogP contribution in [0.1, 0.15) is 17.5 Å². The summed E-state index contributed by atoms with van der Waals surface area (Å²) in [6.07, 6.45) is 2.78. The van der Waals surface area contributed by atoms with Gasteiger partial charge in [-0.3, -0.25) is 9.88 Å². The molecule has 0 amide bonds. The number of guanidine groups is 1. The van der Waals surface area contributed by atoms with Gasteiger partial charge < -0.3 is 5.73 Å². The molecule has 1 aliphatic heterocycles. The zero-order valence-corrected chi connectivity index (χ0v) is 12.7. The van der Waals surface area contributed by atoms with Gasteiger partial charge in [-0.05, 0) is 36.1 Å². The molecular weight excluding hydrogens is 286 g/mol. The van der Waals surface area contributed by atoms with E-state index in [0.717, 1.165) is 36.2 Å². The van der Waals surface area contributed by atoms with Gasteiger partial charge in [-0.2, -0.15) is 0 Å². The zero-order valence-electron chi connectivity index (χ0n) is 12.7. The molecule has 5 nitrogen and oxygen atoms in total. The van der Waals surface area contributed by atoms with E-state index in [4.69, 9.17) is 15.7 Å². The Balaban J connectivity index is 1.76. The minimum atomic E-state index is -0.380. The lowest BCUT2D eigenvalue weighted by Gasteiger charge is -2.40. The summed E-state index contributed by atoms with van der Waals surface area (Å²) in [5, 5.41) is 3.12. The molecule has 0 saturated carbocycles. The number of hydrogen-bond acceptors (Lipinski definition) is 4. The lowest BCUT2D eigenvalue weighted by atomic mass is 9.83. The van der Waals surface area contributed by atoms with Gasteiger partial charge in [0, 0.05) is 6.42 Å². The van der Waals surface area contributed by atoms with Crippen LogP contribution < -0.4 is 11.1 Å². The Morgan fingerprint density at radius 2 is 1.83 bits per heavy atom. The lowest BCUT2D eigenvalue weighted by molar-refractivity contribution is 0.267. The highest BCUT2D eigenvalue weighted by Crippen LogP contribution is 2.41. The molecule has 0 fully saturated rings. The fourth-order valence-corrected chi connectivity index (χ4v) is 3.94. The Bertz CT molecular complexity index is 955. The summed E-state index contributed by atoms with van der Waals surface area (Å²) in [5.41, 5.74) is 10.5. The van der Waals surface area contributed by atoms with Crippen molar-refractivity contribution < 1.29 is 0 Å². The summed E-state index contributed by atoms with van der Waals surface area (Å²) >= 11 is 0. The van der Waals surface area contributed by atoms with E-state index in [1.54, 1.807) is 0 Å². The van der Waals surface area contributed by atoms with Gasteiger partial charge in [-0.1, -0.05) is 36.4 Å². The van der Waals surface area contributed by atoms with E-state index < -0.39 is 0 Å². The van der Waals surface area contributed by atoms with Crippen molar-refractivity contribution in [3.63, 3.8) is 0 Å². The topological polar surface area (TPSA) is 68.2 Å². The molecule has 0 saturated heterocycles. The van der Waals surface area contributed by atoms with Crippen molar-refractivity contribution in [3.05, 3.63) is 59.7 Å². The van der Waals surface area contributed by atoms with E-state index in [1.165, 1.54) is 11.1 Å². The van der Waals surface area contributed by atoms with Crippen LogP contribution in [0.3, 0.4) is 0 Å². The second-order valence-corrected chi connectivity index (χ2v) is 6.31. The first kappa shape index (κ1) is 12.7. The first-order valence-corrected chi connectivity index (χ1v) is 7.92. The van der Waals surface area contributed by atoms with Crippen molar-refractivity contribution >= 4 is 22.9 Å². The second kappa shape index (κ2) is 4.35. The average Bonchev–Trinajstić information content (AvgIpc) is 2.93. The number of rotatable bonds is 0. The normalized spacial score (nSPS) is 22.3. The number of imidazole rings is 1. The Morgan fingerprint density at radius 3 is 2.74 bits per heavy atom. The first-order chi connectivity index (χ1) is 11.3. The van der Waals surface area contributed by atoms with E-state index in [2.05, 4.69) is 40.2 Å². The Kier molecular flexibility index (Phi) is 2.40. The molecule has 5 rings (SSSR count). The van der Waals surface area contributed by atoms with Crippen LogP contribution in [0.4, 0.5) is 5.95 Å². The SMILES string of the molecule is NC1=N[C@]2(CCc3ccccc3C2)n2c(nc3ccccc32)N1. The molecule has 0 bridgehead atoms. The first-order valence-electron chi connectivity index (χ1n) is 7.92. The third-order valence-electron chi connectivity index (χ3n) is 4.93. The molecule has 2 heterocycles. The Hall–Kier alpha value is -2.82. The van der Waals surface area contributed by atoms with Crippen molar-refractivity contribution in [3.8, 4) is 0 Å². The van der Waals surface area contributed by atoms with Crippen molar-refractivity contribution in [2.24, 2.45) is 10.7 Å². The average molecular weight is 303 g/mol. The van der Waals surface area contributed by atoms with Gasteiger partial charge in [-0.25, -0.2) is 9.98 Å². The fourth-order valence-electron chi connectivity index (χ4n) is 3.94. The second-order valence-electron chi connectivity index (χ2n) is 6.31. The standard InChI is InChI=1S/C18H17N5/c19-16-21-17-20-14-7-3-4-8-15(14)23(17)18(22-16)10-9-12-5-1-2-6-13(12)11-18/h1-8H,9-11H2,(H3,19,20,21,22)/t18-/m1/s1. The number of nitrogens with zero attached hydrogens (tertiary/aromatic N) is 3. The number of hydrogen-bond donors (Lipinski definition) is 2. The number of fused-ring (bicyclic) bond motifs is 5. The Labute approximate surface area is 133 Å². The lowest BCUT2D eigenvalue weighted by Crippen LogP contribution is -2.45. The van der Waals surface area contributed by atoms with Gasteiger partial charge in [0.05, 0.1) is 11.0 Å². The third-order valence-corrected chi connectivity index (χ3v) is 4.93. The summed E-state index contributed by atoms with van der Waals surface area (Å²) in [4.78, 5) is 9.54. The van der Waals surface area contributed by atoms with Crippen LogP contribution in [-0.4, -0.2) is 15.5 Å². The van der Waals surface area contributed by atoms with E-state index in [0.29, 0.717) is 5.96 Å². The van der Waals surface area contributed by atoms with E-state index in [1.807, 2.05) is 18.2 Å². The van der Waals surface area contributed by atoms with E-state index >= 15 is 0 Å². The largest absolute Gasteiger partial charge is 0.370 e. The van der Waals surface area contributed by atoms with Gasteiger partial charge >= 0.3 is 0 Å². The summed E-state index contributed by atoms with van der Waals surface area (Å²) < 4.78 is 2.23. The van der Waals surface area contributed by atoms with Crippen LogP contribution in [0.25, 0.3) is 11.0 Å². The molecule has 0 radical (unpaired) electrons. The monoisotopic (exact) mass is 303 g/mol. The zero-order chi connectivity index (χ0) is 15.4. The number of para-hydroxylation sites is 2. The molecule has 114 valence electrons. The van der Waals surface area contributed by atoms with E-state index in [-0.39, 0.29) is 5.66 Å². The minimum absolute atomic E-state index is 0.380. The van der Waals surface area contributed by atoms with Gasteiger partial charge in [0.15, 0.2) is 5.96 Å². The maximum absolute atomic E-state index is 6.08. The van der Waals surface area contributed by atoms with Crippen molar-refractivity contribution in [1.82, 2.24) is 9.55 Å². The predicted octanol–water partition coefficient (Wildman–Crippen LogP) is 2.62. The molecule has 1 spiro atoms. The molecule has 3 N–H and O–H groups in total. The van der Waals surface area contributed by atoms with E-state index in [9.17, 15) is 0 Å². The maximum atomic E-state index is 6.08. The minimum Gasteiger partial charge on any atom is -0.370 e. The molecule has 1 aliphatic carbocycles. The predicted molar refractivity (Wildman–Crippen MR) is 91.4 cm³/mol. The summed E-state index contributed by atoms with van der Waals surface area (Å²) in [5.74, 6) is 1.24.